The number of rotatable bonds is 17. The number of carbonyl (C=O) groups is 2. The van der Waals surface area contributed by atoms with Crippen LogP contribution in [-0.2, 0) is 14.3 Å². The number of carbonyl (C=O) groups excluding carboxylic acids is 2. The van der Waals surface area contributed by atoms with Crippen LogP contribution in [0.2, 0.25) is 0 Å². The van der Waals surface area contributed by atoms with Crippen LogP contribution in [-0.4, -0.2) is 11.9 Å². The summed E-state index contributed by atoms with van der Waals surface area (Å²) in [5.74, 6) is -0.248. The van der Waals surface area contributed by atoms with Crippen molar-refractivity contribution < 1.29 is 14.3 Å². The van der Waals surface area contributed by atoms with Gasteiger partial charge in [0.15, 0.2) is 0 Å². The van der Waals surface area contributed by atoms with Crippen LogP contribution in [0.4, 0.5) is 0 Å². The second-order valence-corrected chi connectivity index (χ2v) is 8.60. The summed E-state index contributed by atoms with van der Waals surface area (Å²) in [5.41, 5.74) is 0. The molecule has 3 nitrogen and oxygen atoms in total. The monoisotopic (exact) mass is 378 g/mol. The van der Waals surface area contributed by atoms with E-state index < -0.39 is 5.97 Å². The van der Waals surface area contributed by atoms with Crippen LogP contribution in [0.25, 0.3) is 0 Å². The van der Waals surface area contributed by atoms with Gasteiger partial charge < -0.3 is 4.74 Å². The van der Waals surface area contributed by atoms with Crippen LogP contribution in [0.1, 0.15) is 117 Å². The number of esters is 2. The highest BCUT2D eigenvalue weighted by molar-refractivity contribution is 5.95. The lowest BCUT2D eigenvalue weighted by atomic mass is 10.0. The number of cyclic esters (lactones) is 2. The van der Waals surface area contributed by atoms with E-state index in [1.54, 1.807) is 0 Å². The second-order valence-electron chi connectivity index (χ2n) is 8.60. The highest BCUT2D eigenvalue weighted by Gasteiger charge is 2.30. The van der Waals surface area contributed by atoms with E-state index in [-0.39, 0.29) is 18.3 Å². The summed E-state index contributed by atoms with van der Waals surface area (Å²) < 4.78 is 4.53. The Balaban J connectivity index is 1.76. The maximum absolute atomic E-state index is 11.3. The van der Waals surface area contributed by atoms with Crippen molar-refractivity contribution in [1.29, 1.82) is 0 Å². The predicted molar refractivity (Wildman–Crippen MR) is 112 cm³/mol. The molecule has 1 fully saturated rings. The first-order chi connectivity index (χ1) is 13.1. The SMILES string of the molecule is CC(C)CCCCCCCCCCCCCCCC=CC1CC(=O)OC1=O. The molecule has 0 N–H and O–H groups in total. The minimum absolute atomic E-state index is 0.216. The molecule has 156 valence electrons. The zero-order chi connectivity index (χ0) is 19.7. The van der Waals surface area contributed by atoms with E-state index >= 15 is 0 Å². The van der Waals surface area contributed by atoms with Crippen LogP contribution in [0.15, 0.2) is 12.2 Å². The summed E-state index contributed by atoms with van der Waals surface area (Å²) >= 11 is 0. The number of hydrogen-bond donors (Lipinski definition) is 0. The van der Waals surface area contributed by atoms with Crippen molar-refractivity contribution in [3.05, 3.63) is 12.2 Å². The number of allylic oxidation sites excluding steroid dienone is 1. The third kappa shape index (κ3) is 13.7. The summed E-state index contributed by atoms with van der Waals surface area (Å²) in [6.45, 7) is 4.63. The molecule has 0 radical (unpaired) electrons. The Morgan fingerprint density at radius 2 is 1.30 bits per heavy atom. The molecule has 1 saturated heterocycles. The van der Waals surface area contributed by atoms with E-state index in [9.17, 15) is 9.59 Å². The fourth-order valence-corrected chi connectivity index (χ4v) is 3.66. The molecular weight excluding hydrogens is 336 g/mol. The van der Waals surface area contributed by atoms with E-state index in [1.807, 2.05) is 12.2 Å². The standard InChI is InChI=1S/C24H42O3/c1-21(2)18-16-14-12-10-8-6-4-3-5-7-9-11-13-15-17-19-22-20-23(25)27-24(22)26/h17,19,21-22H,3-16,18,20H2,1-2H3. The Morgan fingerprint density at radius 1 is 0.815 bits per heavy atom. The Hall–Kier alpha value is -1.12. The van der Waals surface area contributed by atoms with Gasteiger partial charge in [0.05, 0.1) is 12.3 Å². The maximum Gasteiger partial charge on any atom is 0.321 e. The molecule has 1 rings (SSSR count). The normalized spacial score (nSPS) is 17.4. The van der Waals surface area contributed by atoms with Crippen molar-refractivity contribution in [1.82, 2.24) is 0 Å². The minimum Gasteiger partial charge on any atom is -0.393 e. The van der Waals surface area contributed by atoms with Gasteiger partial charge in [-0.2, -0.15) is 0 Å². The zero-order valence-corrected chi connectivity index (χ0v) is 17.8. The van der Waals surface area contributed by atoms with E-state index in [0.29, 0.717) is 0 Å². The second kappa shape index (κ2) is 15.9. The lowest BCUT2D eigenvalue weighted by Gasteiger charge is -2.05. The molecule has 1 unspecified atom stereocenters. The van der Waals surface area contributed by atoms with Crippen molar-refractivity contribution in [2.45, 2.75) is 117 Å². The number of ether oxygens (including phenoxy) is 1. The molecule has 1 atom stereocenters. The van der Waals surface area contributed by atoms with Gasteiger partial charge in [-0.15, -0.1) is 0 Å². The fraction of sp³-hybridized carbons (Fsp3) is 0.833. The third-order valence-corrected chi connectivity index (χ3v) is 5.42. The van der Waals surface area contributed by atoms with Crippen LogP contribution < -0.4 is 0 Å². The van der Waals surface area contributed by atoms with Gasteiger partial charge in [-0.1, -0.05) is 109 Å². The van der Waals surface area contributed by atoms with Crippen molar-refractivity contribution in [3.8, 4) is 0 Å². The van der Waals surface area contributed by atoms with Gasteiger partial charge in [0.2, 0.25) is 0 Å². The van der Waals surface area contributed by atoms with Gasteiger partial charge in [-0.05, 0) is 18.8 Å². The largest absolute Gasteiger partial charge is 0.393 e. The Bertz CT molecular complexity index is 425. The average Bonchev–Trinajstić information content (AvgIpc) is 2.94. The van der Waals surface area contributed by atoms with Crippen LogP contribution in [0.3, 0.4) is 0 Å². The molecule has 1 aliphatic rings. The number of hydrogen-bond acceptors (Lipinski definition) is 3. The Kier molecular flexibility index (Phi) is 14.1. The van der Waals surface area contributed by atoms with Gasteiger partial charge in [-0.3, -0.25) is 9.59 Å². The molecule has 1 heterocycles. The number of unbranched alkanes of at least 4 members (excludes halogenated alkanes) is 13. The lowest BCUT2D eigenvalue weighted by molar-refractivity contribution is -0.152. The highest BCUT2D eigenvalue weighted by atomic mass is 16.6. The molecule has 0 amide bonds. The summed E-state index contributed by atoms with van der Waals surface area (Å²) in [7, 11) is 0. The molecule has 0 bridgehead atoms. The summed E-state index contributed by atoms with van der Waals surface area (Å²) in [5, 5.41) is 0. The topological polar surface area (TPSA) is 43.4 Å². The van der Waals surface area contributed by atoms with Crippen molar-refractivity contribution in [3.63, 3.8) is 0 Å². The summed E-state index contributed by atoms with van der Waals surface area (Å²) in [4.78, 5) is 22.3. The Morgan fingerprint density at radius 3 is 1.74 bits per heavy atom. The van der Waals surface area contributed by atoms with Gasteiger partial charge in [0, 0.05) is 0 Å². The van der Waals surface area contributed by atoms with Gasteiger partial charge in [0.1, 0.15) is 0 Å². The van der Waals surface area contributed by atoms with Crippen LogP contribution in [0.5, 0.6) is 0 Å². The van der Waals surface area contributed by atoms with Gasteiger partial charge in [0.25, 0.3) is 0 Å². The van der Waals surface area contributed by atoms with E-state index in [0.717, 1.165) is 12.3 Å². The molecule has 27 heavy (non-hydrogen) atoms. The predicted octanol–water partition coefficient (Wildman–Crippen LogP) is 7.14. The molecular formula is C24H42O3. The molecule has 0 spiro atoms. The van der Waals surface area contributed by atoms with Crippen molar-refractivity contribution in [2.75, 3.05) is 0 Å². The minimum atomic E-state index is -0.392. The zero-order valence-electron chi connectivity index (χ0n) is 17.8. The van der Waals surface area contributed by atoms with Crippen LogP contribution >= 0.6 is 0 Å². The average molecular weight is 379 g/mol. The lowest BCUT2D eigenvalue weighted by Crippen LogP contribution is -2.03. The Labute approximate surface area is 167 Å². The third-order valence-electron chi connectivity index (χ3n) is 5.42. The van der Waals surface area contributed by atoms with Gasteiger partial charge >= 0.3 is 11.9 Å². The molecule has 0 aromatic carbocycles. The first kappa shape index (κ1) is 23.9. The van der Waals surface area contributed by atoms with Crippen molar-refractivity contribution in [2.24, 2.45) is 11.8 Å². The van der Waals surface area contributed by atoms with Crippen LogP contribution in [0, 0.1) is 11.8 Å². The van der Waals surface area contributed by atoms with E-state index in [4.69, 9.17) is 0 Å². The highest BCUT2D eigenvalue weighted by Crippen LogP contribution is 2.18. The molecule has 0 aliphatic carbocycles. The smallest absolute Gasteiger partial charge is 0.321 e. The maximum atomic E-state index is 11.3. The first-order valence-corrected chi connectivity index (χ1v) is 11.5. The molecule has 0 aromatic rings. The molecule has 0 saturated carbocycles. The fourth-order valence-electron chi connectivity index (χ4n) is 3.66. The summed E-state index contributed by atoms with van der Waals surface area (Å²) in [6, 6.07) is 0. The van der Waals surface area contributed by atoms with E-state index in [1.165, 1.54) is 89.9 Å². The van der Waals surface area contributed by atoms with E-state index in [2.05, 4.69) is 18.6 Å². The first-order valence-electron chi connectivity index (χ1n) is 11.5. The summed E-state index contributed by atoms with van der Waals surface area (Å²) in [6.07, 6.45) is 24.3. The molecule has 1 aliphatic heterocycles. The van der Waals surface area contributed by atoms with Gasteiger partial charge in [-0.25, -0.2) is 0 Å². The molecule has 0 aromatic heterocycles. The quantitative estimate of drug-likeness (QED) is 0.117. The van der Waals surface area contributed by atoms with Crippen molar-refractivity contribution >= 4 is 11.9 Å². The molecule has 3 heteroatoms.